The van der Waals surface area contributed by atoms with Crippen LogP contribution in [0.2, 0.25) is 0 Å². The molecule has 2 rings (SSSR count). The molecule has 1 atom stereocenters. The maximum Gasteiger partial charge on any atom is 0.140 e. The van der Waals surface area contributed by atoms with Gasteiger partial charge in [0.1, 0.15) is 12.2 Å². The van der Waals surface area contributed by atoms with Gasteiger partial charge in [0.15, 0.2) is 0 Å². The van der Waals surface area contributed by atoms with E-state index in [2.05, 4.69) is 29.4 Å². The minimum absolute atomic E-state index is 0.186. The number of hydrogen-bond acceptors (Lipinski definition) is 3. The van der Waals surface area contributed by atoms with Gasteiger partial charge in [-0.25, -0.2) is 0 Å². The van der Waals surface area contributed by atoms with Crippen molar-refractivity contribution in [1.82, 2.24) is 20.1 Å². The summed E-state index contributed by atoms with van der Waals surface area (Å²) in [6.07, 6.45) is 2.95. The van der Waals surface area contributed by atoms with Crippen LogP contribution in [0.15, 0.2) is 6.33 Å². The van der Waals surface area contributed by atoms with Crippen LogP contribution in [0.25, 0.3) is 0 Å². The van der Waals surface area contributed by atoms with Gasteiger partial charge in [0.25, 0.3) is 0 Å². The Bertz CT molecular complexity index is 310. The molecule has 4 heteroatoms. The third-order valence-corrected chi connectivity index (χ3v) is 3.45. The Morgan fingerprint density at radius 2 is 2.36 bits per heavy atom. The second kappa shape index (κ2) is 3.35. The SMILES string of the molecule is CC(C)C1(c2nncn2C)CCNC1. The minimum Gasteiger partial charge on any atom is -0.320 e. The van der Waals surface area contributed by atoms with E-state index in [1.807, 2.05) is 11.6 Å². The zero-order chi connectivity index (χ0) is 10.2. The summed E-state index contributed by atoms with van der Waals surface area (Å²) in [5.74, 6) is 1.72. The van der Waals surface area contributed by atoms with Gasteiger partial charge in [-0.05, 0) is 18.9 Å². The number of rotatable bonds is 2. The van der Waals surface area contributed by atoms with Gasteiger partial charge in [-0.1, -0.05) is 13.8 Å². The fourth-order valence-corrected chi connectivity index (χ4v) is 2.39. The molecular weight excluding hydrogens is 176 g/mol. The molecule has 1 N–H and O–H groups in total. The van der Waals surface area contributed by atoms with Crippen LogP contribution < -0.4 is 5.32 Å². The molecule has 14 heavy (non-hydrogen) atoms. The summed E-state index contributed by atoms with van der Waals surface area (Å²) in [5, 5.41) is 11.7. The molecule has 1 fully saturated rings. The predicted molar refractivity (Wildman–Crippen MR) is 55.0 cm³/mol. The highest BCUT2D eigenvalue weighted by Crippen LogP contribution is 2.36. The highest BCUT2D eigenvalue weighted by molar-refractivity contribution is 5.13. The van der Waals surface area contributed by atoms with E-state index in [1.165, 1.54) is 0 Å². The van der Waals surface area contributed by atoms with Crippen LogP contribution in [0.4, 0.5) is 0 Å². The smallest absolute Gasteiger partial charge is 0.140 e. The van der Waals surface area contributed by atoms with Crippen molar-refractivity contribution in [3.63, 3.8) is 0 Å². The Kier molecular flexibility index (Phi) is 2.31. The molecule has 1 unspecified atom stereocenters. The van der Waals surface area contributed by atoms with Gasteiger partial charge in [-0.15, -0.1) is 10.2 Å². The Labute approximate surface area is 84.7 Å². The van der Waals surface area contributed by atoms with Gasteiger partial charge in [0.2, 0.25) is 0 Å². The van der Waals surface area contributed by atoms with Crippen LogP contribution in [0.3, 0.4) is 0 Å². The van der Waals surface area contributed by atoms with E-state index in [0.717, 1.165) is 25.3 Å². The Hall–Kier alpha value is -0.900. The molecule has 0 aromatic carbocycles. The molecule has 4 nitrogen and oxygen atoms in total. The zero-order valence-electron chi connectivity index (χ0n) is 9.12. The Morgan fingerprint density at radius 1 is 1.57 bits per heavy atom. The van der Waals surface area contributed by atoms with Gasteiger partial charge >= 0.3 is 0 Å². The number of nitrogens with one attached hydrogen (secondary N) is 1. The topological polar surface area (TPSA) is 42.7 Å². The lowest BCUT2D eigenvalue weighted by atomic mass is 9.75. The van der Waals surface area contributed by atoms with E-state index in [4.69, 9.17) is 0 Å². The summed E-state index contributed by atoms with van der Waals surface area (Å²) in [7, 11) is 2.03. The highest BCUT2D eigenvalue weighted by Gasteiger charge is 2.42. The fraction of sp³-hybridized carbons (Fsp3) is 0.800. The molecule has 0 amide bonds. The molecule has 1 aliphatic rings. The van der Waals surface area contributed by atoms with Crippen LogP contribution in [0.1, 0.15) is 26.1 Å². The van der Waals surface area contributed by atoms with Crippen molar-refractivity contribution in [3.05, 3.63) is 12.2 Å². The zero-order valence-corrected chi connectivity index (χ0v) is 9.12. The van der Waals surface area contributed by atoms with E-state index in [9.17, 15) is 0 Å². The lowest BCUT2D eigenvalue weighted by Gasteiger charge is -2.31. The molecular formula is C10H18N4. The van der Waals surface area contributed by atoms with E-state index in [1.54, 1.807) is 6.33 Å². The predicted octanol–water partition coefficient (Wildman–Crippen LogP) is 0.702. The lowest BCUT2D eigenvalue weighted by molar-refractivity contribution is 0.309. The first-order valence-electron chi connectivity index (χ1n) is 5.22. The third-order valence-electron chi connectivity index (χ3n) is 3.45. The van der Waals surface area contributed by atoms with Crippen LogP contribution in [-0.4, -0.2) is 27.9 Å². The number of aryl methyl sites for hydroxylation is 1. The first-order valence-corrected chi connectivity index (χ1v) is 5.22. The first-order chi connectivity index (χ1) is 6.67. The molecule has 0 spiro atoms. The van der Waals surface area contributed by atoms with Gasteiger partial charge in [-0.3, -0.25) is 0 Å². The standard InChI is InChI=1S/C10H18N4/c1-8(2)10(4-5-11-6-10)9-13-12-7-14(9)3/h7-8,11H,4-6H2,1-3H3. The maximum absolute atomic E-state index is 4.26. The number of aromatic nitrogens is 3. The normalized spacial score (nSPS) is 27.4. The van der Waals surface area contributed by atoms with E-state index < -0.39 is 0 Å². The summed E-state index contributed by atoms with van der Waals surface area (Å²) in [4.78, 5) is 0. The monoisotopic (exact) mass is 194 g/mol. The summed E-state index contributed by atoms with van der Waals surface area (Å²) in [6.45, 7) is 6.64. The number of hydrogen-bond donors (Lipinski definition) is 1. The molecule has 0 bridgehead atoms. The second-order valence-corrected chi connectivity index (χ2v) is 4.50. The van der Waals surface area contributed by atoms with Crippen LogP contribution in [0.5, 0.6) is 0 Å². The summed E-state index contributed by atoms with van der Waals surface area (Å²) in [5.41, 5.74) is 0.186. The molecule has 2 heterocycles. The van der Waals surface area contributed by atoms with Crippen molar-refractivity contribution >= 4 is 0 Å². The minimum atomic E-state index is 0.186. The van der Waals surface area contributed by atoms with Crippen molar-refractivity contribution < 1.29 is 0 Å². The summed E-state index contributed by atoms with van der Waals surface area (Å²) in [6, 6.07) is 0. The second-order valence-electron chi connectivity index (χ2n) is 4.50. The van der Waals surface area contributed by atoms with E-state index in [-0.39, 0.29) is 5.41 Å². The molecule has 1 aromatic heterocycles. The number of nitrogens with zero attached hydrogens (tertiary/aromatic N) is 3. The average molecular weight is 194 g/mol. The Morgan fingerprint density at radius 3 is 2.79 bits per heavy atom. The fourth-order valence-electron chi connectivity index (χ4n) is 2.39. The average Bonchev–Trinajstić information content (AvgIpc) is 2.72. The van der Waals surface area contributed by atoms with E-state index in [0.29, 0.717) is 5.92 Å². The molecule has 0 aliphatic carbocycles. The molecule has 78 valence electrons. The first kappa shape index (κ1) is 9.65. The van der Waals surface area contributed by atoms with Gasteiger partial charge in [0.05, 0.1) is 0 Å². The van der Waals surface area contributed by atoms with Gasteiger partial charge < -0.3 is 9.88 Å². The van der Waals surface area contributed by atoms with E-state index >= 15 is 0 Å². The summed E-state index contributed by atoms with van der Waals surface area (Å²) < 4.78 is 2.05. The summed E-state index contributed by atoms with van der Waals surface area (Å²) >= 11 is 0. The quantitative estimate of drug-likeness (QED) is 0.753. The third kappa shape index (κ3) is 1.25. The highest BCUT2D eigenvalue weighted by atomic mass is 15.3. The maximum atomic E-state index is 4.26. The van der Waals surface area contributed by atoms with Gasteiger partial charge in [-0.2, -0.15) is 0 Å². The van der Waals surface area contributed by atoms with Gasteiger partial charge in [0, 0.05) is 19.0 Å². The lowest BCUT2D eigenvalue weighted by Crippen LogP contribution is -2.37. The van der Waals surface area contributed by atoms with Crippen LogP contribution in [-0.2, 0) is 12.5 Å². The molecule has 1 saturated heterocycles. The molecule has 1 aliphatic heterocycles. The van der Waals surface area contributed by atoms with Crippen molar-refractivity contribution in [2.75, 3.05) is 13.1 Å². The van der Waals surface area contributed by atoms with Crippen LogP contribution >= 0.6 is 0 Å². The molecule has 0 saturated carbocycles. The van der Waals surface area contributed by atoms with Crippen molar-refractivity contribution in [2.24, 2.45) is 13.0 Å². The van der Waals surface area contributed by atoms with Crippen molar-refractivity contribution in [2.45, 2.75) is 25.7 Å². The largest absolute Gasteiger partial charge is 0.320 e. The van der Waals surface area contributed by atoms with Crippen molar-refractivity contribution in [1.29, 1.82) is 0 Å². The molecule has 0 radical (unpaired) electrons. The Balaban J connectivity index is 2.41. The van der Waals surface area contributed by atoms with Crippen molar-refractivity contribution in [3.8, 4) is 0 Å². The molecule has 1 aromatic rings. The van der Waals surface area contributed by atoms with Crippen LogP contribution in [0, 0.1) is 5.92 Å².